The van der Waals surface area contributed by atoms with E-state index in [2.05, 4.69) is 4.90 Å². The third-order valence-electron chi connectivity index (χ3n) is 4.54. The minimum Gasteiger partial charge on any atom is -0.481 e. The Morgan fingerprint density at radius 2 is 1.47 bits per heavy atom. The van der Waals surface area contributed by atoms with Crippen molar-refractivity contribution >= 4 is 5.97 Å². The molecule has 0 spiro atoms. The lowest BCUT2D eigenvalue weighted by Crippen LogP contribution is -2.51. The van der Waals surface area contributed by atoms with Gasteiger partial charge in [-0.1, -0.05) is 32.1 Å². The number of carbonyl (C=O) groups is 1. The van der Waals surface area contributed by atoms with Crippen molar-refractivity contribution in [2.75, 3.05) is 13.1 Å². The fourth-order valence-corrected chi connectivity index (χ4v) is 3.64. The number of aliphatic carboxylic acids is 1. The summed E-state index contributed by atoms with van der Waals surface area (Å²) in [5.41, 5.74) is -0.00553. The van der Waals surface area contributed by atoms with Crippen molar-refractivity contribution in [2.24, 2.45) is 0 Å². The van der Waals surface area contributed by atoms with Crippen LogP contribution < -0.4 is 0 Å². The first-order valence-corrected chi connectivity index (χ1v) is 7.20. The molecule has 2 rings (SSSR count). The molecule has 3 nitrogen and oxygen atoms in total. The predicted molar refractivity (Wildman–Crippen MR) is 68.1 cm³/mol. The quantitative estimate of drug-likeness (QED) is 0.823. The zero-order valence-corrected chi connectivity index (χ0v) is 10.8. The van der Waals surface area contributed by atoms with Crippen molar-refractivity contribution in [1.29, 1.82) is 0 Å². The summed E-state index contributed by atoms with van der Waals surface area (Å²) in [6, 6.07) is 0. The summed E-state index contributed by atoms with van der Waals surface area (Å²) in [5.74, 6) is -0.615. The molecule has 2 aliphatic rings. The highest BCUT2D eigenvalue weighted by atomic mass is 16.4. The van der Waals surface area contributed by atoms with Gasteiger partial charge < -0.3 is 5.11 Å². The van der Waals surface area contributed by atoms with Crippen LogP contribution in [0.3, 0.4) is 0 Å². The maximum absolute atomic E-state index is 11.2. The van der Waals surface area contributed by atoms with Crippen LogP contribution in [0, 0.1) is 0 Å². The number of hydrogen-bond donors (Lipinski definition) is 1. The number of rotatable bonds is 3. The van der Waals surface area contributed by atoms with E-state index in [9.17, 15) is 9.90 Å². The second-order valence-corrected chi connectivity index (χ2v) is 5.76. The van der Waals surface area contributed by atoms with Crippen molar-refractivity contribution < 1.29 is 9.90 Å². The third kappa shape index (κ3) is 3.21. The summed E-state index contributed by atoms with van der Waals surface area (Å²) in [4.78, 5) is 13.7. The van der Waals surface area contributed by atoms with Gasteiger partial charge in [-0.3, -0.25) is 9.69 Å². The molecular formula is C14H25NO2. The van der Waals surface area contributed by atoms with Gasteiger partial charge in [-0.05, 0) is 38.8 Å². The zero-order valence-electron chi connectivity index (χ0n) is 10.8. The van der Waals surface area contributed by atoms with E-state index in [1.165, 1.54) is 44.9 Å². The Balaban J connectivity index is 2.09. The van der Waals surface area contributed by atoms with Gasteiger partial charge in [0.1, 0.15) is 0 Å². The molecule has 98 valence electrons. The molecule has 3 heteroatoms. The minimum absolute atomic E-state index is 0.00553. The van der Waals surface area contributed by atoms with Gasteiger partial charge in [-0.15, -0.1) is 0 Å². The fraction of sp³-hybridized carbons (Fsp3) is 0.929. The third-order valence-corrected chi connectivity index (χ3v) is 4.54. The Bertz CT molecular complexity index is 251. The van der Waals surface area contributed by atoms with E-state index in [0.717, 1.165) is 25.9 Å². The first-order chi connectivity index (χ1) is 8.23. The summed E-state index contributed by atoms with van der Waals surface area (Å²) < 4.78 is 0. The summed E-state index contributed by atoms with van der Waals surface area (Å²) in [6.07, 6.45) is 11.4. The van der Waals surface area contributed by atoms with Crippen LogP contribution in [-0.4, -0.2) is 34.6 Å². The van der Waals surface area contributed by atoms with Crippen LogP contribution >= 0.6 is 0 Å². The van der Waals surface area contributed by atoms with Crippen molar-refractivity contribution in [3.05, 3.63) is 0 Å². The molecule has 0 bridgehead atoms. The first kappa shape index (κ1) is 12.9. The average molecular weight is 239 g/mol. The predicted octanol–water partition coefficient (Wildman–Crippen LogP) is 3.04. The molecule has 0 unspecified atom stereocenters. The Hall–Kier alpha value is -0.570. The lowest BCUT2D eigenvalue weighted by atomic mass is 9.77. The van der Waals surface area contributed by atoms with Crippen LogP contribution in [0.1, 0.15) is 64.2 Å². The number of nitrogens with zero attached hydrogens (tertiary/aromatic N) is 1. The maximum atomic E-state index is 11.2. The highest BCUT2D eigenvalue weighted by molar-refractivity contribution is 5.68. The fourth-order valence-electron chi connectivity index (χ4n) is 3.64. The summed E-state index contributed by atoms with van der Waals surface area (Å²) in [7, 11) is 0. The van der Waals surface area contributed by atoms with Crippen LogP contribution in [0.25, 0.3) is 0 Å². The first-order valence-electron chi connectivity index (χ1n) is 7.20. The van der Waals surface area contributed by atoms with Crippen LogP contribution in [-0.2, 0) is 4.79 Å². The molecule has 0 atom stereocenters. The Morgan fingerprint density at radius 3 is 2.00 bits per heavy atom. The van der Waals surface area contributed by atoms with Crippen molar-refractivity contribution in [2.45, 2.75) is 69.7 Å². The summed E-state index contributed by atoms with van der Waals surface area (Å²) in [5, 5.41) is 9.21. The van der Waals surface area contributed by atoms with E-state index < -0.39 is 5.97 Å². The number of carboxylic acid groups (broad SMARTS) is 1. The van der Waals surface area contributed by atoms with Gasteiger partial charge in [0.15, 0.2) is 0 Å². The van der Waals surface area contributed by atoms with Crippen LogP contribution in [0.2, 0.25) is 0 Å². The summed E-state index contributed by atoms with van der Waals surface area (Å²) in [6.45, 7) is 2.24. The number of hydrogen-bond acceptors (Lipinski definition) is 2. The molecule has 1 aliphatic heterocycles. The van der Waals surface area contributed by atoms with E-state index >= 15 is 0 Å². The monoisotopic (exact) mass is 239 g/mol. The normalized spacial score (nSPS) is 26.4. The Labute approximate surface area is 104 Å². The van der Waals surface area contributed by atoms with Crippen molar-refractivity contribution in [1.82, 2.24) is 4.90 Å². The standard InChI is InChI=1S/C14H25NO2/c16-13(17)12-14(8-4-3-5-9-14)15-10-6-1-2-7-11-15/h1-12H2,(H,16,17). The number of carboxylic acids is 1. The zero-order chi connectivity index (χ0) is 12.1. The molecular weight excluding hydrogens is 214 g/mol. The topological polar surface area (TPSA) is 40.5 Å². The molecule has 17 heavy (non-hydrogen) atoms. The second kappa shape index (κ2) is 5.85. The maximum Gasteiger partial charge on any atom is 0.305 e. The molecule has 2 fully saturated rings. The largest absolute Gasteiger partial charge is 0.481 e. The molecule has 0 aromatic carbocycles. The van der Waals surface area contributed by atoms with Gasteiger partial charge in [-0.25, -0.2) is 0 Å². The molecule has 1 N–H and O–H groups in total. The van der Waals surface area contributed by atoms with Gasteiger partial charge >= 0.3 is 5.97 Å². The highest BCUT2D eigenvalue weighted by Crippen LogP contribution is 2.37. The smallest absolute Gasteiger partial charge is 0.305 e. The molecule has 0 radical (unpaired) electrons. The van der Waals surface area contributed by atoms with E-state index in [1.54, 1.807) is 0 Å². The SMILES string of the molecule is O=C(O)CC1(N2CCCCCC2)CCCCC1. The molecule has 0 aromatic rings. The van der Waals surface area contributed by atoms with Gasteiger partial charge in [0.05, 0.1) is 6.42 Å². The van der Waals surface area contributed by atoms with Gasteiger partial charge in [0, 0.05) is 5.54 Å². The van der Waals surface area contributed by atoms with Crippen LogP contribution in [0.15, 0.2) is 0 Å². The molecule has 1 heterocycles. The number of likely N-dealkylation sites (tertiary alicyclic amines) is 1. The van der Waals surface area contributed by atoms with E-state index in [-0.39, 0.29) is 5.54 Å². The van der Waals surface area contributed by atoms with Crippen molar-refractivity contribution in [3.8, 4) is 0 Å². The molecule has 1 saturated carbocycles. The second-order valence-electron chi connectivity index (χ2n) is 5.76. The Morgan fingerprint density at radius 1 is 0.941 bits per heavy atom. The lowest BCUT2D eigenvalue weighted by molar-refractivity contribution is -0.141. The van der Waals surface area contributed by atoms with Crippen LogP contribution in [0.4, 0.5) is 0 Å². The van der Waals surface area contributed by atoms with E-state index in [0.29, 0.717) is 6.42 Å². The van der Waals surface area contributed by atoms with E-state index in [4.69, 9.17) is 0 Å². The van der Waals surface area contributed by atoms with Gasteiger partial charge in [-0.2, -0.15) is 0 Å². The molecule has 1 saturated heterocycles. The van der Waals surface area contributed by atoms with Crippen molar-refractivity contribution in [3.63, 3.8) is 0 Å². The van der Waals surface area contributed by atoms with Crippen LogP contribution in [0.5, 0.6) is 0 Å². The Kier molecular flexibility index (Phi) is 4.43. The molecule has 0 aromatic heterocycles. The highest BCUT2D eigenvalue weighted by Gasteiger charge is 2.39. The lowest BCUT2D eigenvalue weighted by Gasteiger charge is -2.45. The average Bonchev–Trinajstić information content (AvgIpc) is 2.58. The summed E-state index contributed by atoms with van der Waals surface area (Å²) >= 11 is 0. The van der Waals surface area contributed by atoms with Gasteiger partial charge in [0.25, 0.3) is 0 Å². The molecule has 0 amide bonds. The van der Waals surface area contributed by atoms with Gasteiger partial charge in [0.2, 0.25) is 0 Å². The molecule has 1 aliphatic carbocycles. The van der Waals surface area contributed by atoms with E-state index in [1.807, 2.05) is 0 Å². The minimum atomic E-state index is -0.615.